The Balaban J connectivity index is 2.18. The number of nitrogens with one attached hydrogen (secondary N) is 1. The highest BCUT2D eigenvalue weighted by atomic mass is 19.4. The fraction of sp³-hybridized carbons (Fsp3) is 0.667. The molecule has 0 unspecified atom stereocenters. The molecule has 1 heterocycles. The number of aromatic nitrogens is 2. The summed E-state index contributed by atoms with van der Waals surface area (Å²) in [6, 6.07) is 0.858. The zero-order valence-corrected chi connectivity index (χ0v) is 10.5. The predicted molar refractivity (Wildman–Crippen MR) is 63.6 cm³/mol. The molecule has 1 aliphatic rings. The van der Waals surface area contributed by atoms with E-state index in [9.17, 15) is 18.3 Å². The van der Waals surface area contributed by atoms with Crippen LogP contribution in [0.1, 0.15) is 30.7 Å². The Morgan fingerprint density at radius 1 is 1.37 bits per heavy atom. The fourth-order valence-electron chi connectivity index (χ4n) is 2.39. The van der Waals surface area contributed by atoms with Gasteiger partial charge in [-0.25, -0.2) is 9.97 Å². The lowest BCUT2D eigenvalue weighted by molar-refractivity contribution is -0.141. The Bertz CT molecular complexity index is 450. The van der Waals surface area contributed by atoms with E-state index in [0.29, 0.717) is 0 Å². The highest BCUT2D eigenvalue weighted by Gasteiger charge is 2.34. The van der Waals surface area contributed by atoms with Crippen molar-refractivity contribution in [3.8, 4) is 0 Å². The summed E-state index contributed by atoms with van der Waals surface area (Å²) in [6.07, 6.45) is -1.85. The number of aliphatic hydroxyl groups excluding tert-OH is 1. The Morgan fingerprint density at radius 2 is 2.11 bits per heavy atom. The molecule has 0 aromatic carbocycles. The van der Waals surface area contributed by atoms with Gasteiger partial charge >= 0.3 is 6.18 Å². The maximum absolute atomic E-state index is 12.6. The first-order valence-electron chi connectivity index (χ1n) is 6.20. The van der Waals surface area contributed by atoms with Crippen LogP contribution in [0.25, 0.3) is 0 Å². The molecule has 0 aliphatic heterocycles. The summed E-state index contributed by atoms with van der Waals surface area (Å²) in [7, 11) is 0. The summed E-state index contributed by atoms with van der Waals surface area (Å²) in [5, 5.41) is 12.1. The molecule has 19 heavy (non-hydrogen) atoms. The molecule has 0 saturated heterocycles. The van der Waals surface area contributed by atoms with E-state index in [4.69, 9.17) is 0 Å². The van der Waals surface area contributed by atoms with E-state index in [0.717, 1.165) is 25.3 Å². The van der Waals surface area contributed by atoms with Gasteiger partial charge in [-0.3, -0.25) is 0 Å². The van der Waals surface area contributed by atoms with Crippen LogP contribution in [-0.2, 0) is 6.18 Å². The predicted octanol–water partition coefficient (Wildman–Crippen LogP) is 2.38. The summed E-state index contributed by atoms with van der Waals surface area (Å²) >= 11 is 0. The van der Waals surface area contributed by atoms with Crippen LogP contribution >= 0.6 is 0 Å². The van der Waals surface area contributed by atoms with E-state index in [-0.39, 0.29) is 30.2 Å². The fourth-order valence-corrected chi connectivity index (χ4v) is 2.39. The minimum Gasteiger partial charge on any atom is -0.396 e. The molecule has 2 N–H and O–H groups in total. The van der Waals surface area contributed by atoms with Crippen molar-refractivity contribution in [2.75, 3.05) is 11.9 Å². The molecular formula is C12H16F3N3O. The number of hydrogen-bond acceptors (Lipinski definition) is 4. The van der Waals surface area contributed by atoms with E-state index < -0.39 is 11.9 Å². The summed E-state index contributed by atoms with van der Waals surface area (Å²) in [4.78, 5) is 7.48. The Kier molecular flexibility index (Phi) is 3.93. The van der Waals surface area contributed by atoms with Crippen LogP contribution in [-0.4, -0.2) is 27.7 Å². The zero-order chi connectivity index (χ0) is 14.0. The molecule has 1 aromatic rings. The van der Waals surface area contributed by atoms with E-state index in [1.165, 1.54) is 6.92 Å². The molecule has 0 bridgehead atoms. The van der Waals surface area contributed by atoms with E-state index in [1.807, 2.05) is 0 Å². The van der Waals surface area contributed by atoms with Crippen LogP contribution in [0, 0.1) is 12.8 Å². The molecule has 0 radical (unpaired) electrons. The third-order valence-electron chi connectivity index (χ3n) is 3.35. The van der Waals surface area contributed by atoms with Gasteiger partial charge in [0.05, 0.1) is 0 Å². The first kappa shape index (κ1) is 14.0. The van der Waals surface area contributed by atoms with Crippen molar-refractivity contribution >= 4 is 5.95 Å². The number of aryl methyl sites for hydroxylation is 1. The zero-order valence-electron chi connectivity index (χ0n) is 10.5. The first-order valence-corrected chi connectivity index (χ1v) is 6.20. The van der Waals surface area contributed by atoms with Gasteiger partial charge in [0, 0.05) is 24.3 Å². The maximum Gasteiger partial charge on any atom is 0.433 e. The average Bonchev–Trinajstić information content (AvgIpc) is 2.74. The number of aliphatic hydroxyl groups is 1. The van der Waals surface area contributed by atoms with Gasteiger partial charge in [0.25, 0.3) is 0 Å². The summed E-state index contributed by atoms with van der Waals surface area (Å²) in [5.74, 6) is 0.0381. The third-order valence-corrected chi connectivity index (χ3v) is 3.35. The van der Waals surface area contributed by atoms with Crippen molar-refractivity contribution in [2.24, 2.45) is 5.92 Å². The second-order valence-corrected chi connectivity index (χ2v) is 4.84. The van der Waals surface area contributed by atoms with Crippen LogP contribution < -0.4 is 5.32 Å². The lowest BCUT2D eigenvalue weighted by Gasteiger charge is -2.19. The van der Waals surface area contributed by atoms with Gasteiger partial charge in [0.15, 0.2) is 0 Å². The molecule has 1 aliphatic carbocycles. The molecule has 1 aromatic heterocycles. The maximum atomic E-state index is 12.6. The molecule has 7 heteroatoms. The molecule has 2 rings (SSSR count). The Hall–Kier alpha value is -1.37. The van der Waals surface area contributed by atoms with Gasteiger partial charge in [0.2, 0.25) is 5.95 Å². The number of nitrogens with zero attached hydrogens (tertiary/aromatic N) is 2. The van der Waals surface area contributed by atoms with Crippen LogP contribution in [0.3, 0.4) is 0 Å². The van der Waals surface area contributed by atoms with Crippen molar-refractivity contribution < 1.29 is 18.3 Å². The molecular weight excluding hydrogens is 259 g/mol. The topological polar surface area (TPSA) is 58.0 Å². The third kappa shape index (κ3) is 3.34. The highest BCUT2D eigenvalue weighted by molar-refractivity contribution is 5.31. The molecule has 1 fully saturated rings. The second kappa shape index (κ2) is 5.32. The number of halogens is 3. The van der Waals surface area contributed by atoms with E-state index in [1.54, 1.807) is 0 Å². The van der Waals surface area contributed by atoms with Gasteiger partial charge in [-0.05, 0) is 25.8 Å². The van der Waals surface area contributed by atoms with Crippen molar-refractivity contribution in [3.63, 3.8) is 0 Å². The van der Waals surface area contributed by atoms with Crippen molar-refractivity contribution in [1.29, 1.82) is 0 Å². The molecule has 4 nitrogen and oxygen atoms in total. The van der Waals surface area contributed by atoms with Gasteiger partial charge < -0.3 is 10.4 Å². The largest absolute Gasteiger partial charge is 0.433 e. The Morgan fingerprint density at radius 3 is 2.74 bits per heavy atom. The standard InChI is InChI=1S/C12H16F3N3O/c1-7-5-10(12(13,14)15)18-11(16-7)17-9-4-2-3-8(9)6-19/h5,8-9,19H,2-4,6H2,1H3,(H,16,17,18)/t8-,9-/m1/s1. The van der Waals surface area contributed by atoms with Gasteiger partial charge in [-0.1, -0.05) is 6.42 Å². The van der Waals surface area contributed by atoms with Crippen LogP contribution in [0.15, 0.2) is 6.07 Å². The smallest absolute Gasteiger partial charge is 0.396 e. The van der Waals surface area contributed by atoms with Gasteiger partial charge in [-0.15, -0.1) is 0 Å². The highest BCUT2D eigenvalue weighted by Crippen LogP contribution is 2.30. The first-order chi connectivity index (χ1) is 8.90. The number of hydrogen-bond donors (Lipinski definition) is 2. The molecule has 2 atom stereocenters. The normalized spacial score (nSPS) is 23.6. The molecule has 106 valence electrons. The van der Waals surface area contributed by atoms with Crippen molar-refractivity contribution in [1.82, 2.24) is 9.97 Å². The van der Waals surface area contributed by atoms with Crippen LogP contribution in [0.5, 0.6) is 0 Å². The lowest BCUT2D eigenvalue weighted by atomic mass is 10.1. The monoisotopic (exact) mass is 275 g/mol. The molecule has 0 amide bonds. The summed E-state index contributed by atoms with van der Waals surface area (Å²) in [5.41, 5.74) is -0.676. The number of rotatable bonds is 3. The Labute approximate surface area is 109 Å². The molecule has 0 spiro atoms. The minimum absolute atomic E-state index is 0.0160. The number of anilines is 1. The lowest BCUT2D eigenvalue weighted by Crippen LogP contribution is -2.28. The van der Waals surface area contributed by atoms with Crippen molar-refractivity contribution in [2.45, 2.75) is 38.4 Å². The SMILES string of the molecule is Cc1cc(C(F)(F)F)nc(N[C@@H]2CCC[C@@H]2CO)n1. The quantitative estimate of drug-likeness (QED) is 0.889. The van der Waals surface area contributed by atoms with Crippen LogP contribution in [0.4, 0.5) is 19.1 Å². The average molecular weight is 275 g/mol. The van der Waals surface area contributed by atoms with E-state index in [2.05, 4.69) is 15.3 Å². The van der Waals surface area contributed by atoms with Crippen molar-refractivity contribution in [3.05, 3.63) is 17.5 Å². The second-order valence-electron chi connectivity index (χ2n) is 4.84. The summed E-state index contributed by atoms with van der Waals surface area (Å²) in [6.45, 7) is 1.52. The van der Waals surface area contributed by atoms with Gasteiger partial charge in [0.1, 0.15) is 5.69 Å². The number of alkyl halides is 3. The van der Waals surface area contributed by atoms with Gasteiger partial charge in [-0.2, -0.15) is 13.2 Å². The molecule has 1 saturated carbocycles. The minimum atomic E-state index is -4.48. The van der Waals surface area contributed by atoms with E-state index >= 15 is 0 Å². The summed E-state index contributed by atoms with van der Waals surface area (Å²) < 4.78 is 37.9. The van der Waals surface area contributed by atoms with Crippen LogP contribution in [0.2, 0.25) is 0 Å².